The number of rotatable bonds is 39. The second kappa shape index (κ2) is 37.2. The van der Waals surface area contributed by atoms with Gasteiger partial charge in [-0.25, -0.2) is 0 Å². The molecule has 9 heteroatoms. The molecular weight excluding hydrogens is 695 g/mol. The number of amides is 1. The zero-order valence-electron chi connectivity index (χ0n) is 35.7. The van der Waals surface area contributed by atoms with E-state index in [-0.39, 0.29) is 12.5 Å². The molecule has 0 aromatic heterocycles. The number of ether oxygens (including phenoxy) is 2. The Morgan fingerprint density at radius 2 is 1.02 bits per heavy atom. The Kier molecular flexibility index (Phi) is 35.2. The molecule has 7 atom stereocenters. The van der Waals surface area contributed by atoms with Gasteiger partial charge < -0.3 is 40.3 Å². The van der Waals surface area contributed by atoms with Crippen LogP contribution >= 0.6 is 0 Å². The van der Waals surface area contributed by atoms with Crippen LogP contribution in [0.2, 0.25) is 0 Å². The summed E-state index contributed by atoms with van der Waals surface area (Å²) in [5, 5.41) is 54.3. The molecule has 0 saturated carbocycles. The molecule has 0 aliphatic carbocycles. The van der Waals surface area contributed by atoms with Gasteiger partial charge in [0.2, 0.25) is 5.91 Å². The average molecular weight is 784 g/mol. The second-order valence-electron chi connectivity index (χ2n) is 16.6. The van der Waals surface area contributed by atoms with Gasteiger partial charge in [0, 0.05) is 6.42 Å². The summed E-state index contributed by atoms with van der Waals surface area (Å²) in [6.45, 7) is 3.83. The molecule has 55 heavy (non-hydrogen) atoms. The maximum absolute atomic E-state index is 13.0. The minimum absolute atomic E-state index is 0.146. The van der Waals surface area contributed by atoms with E-state index in [4.69, 9.17) is 9.47 Å². The summed E-state index contributed by atoms with van der Waals surface area (Å²) in [5.74, 6) is -0.151. The minimum atomic E-state index is -1.55. The highest BCUT2D eigenvalue weighted by atomic mass is 16.7. The smallest absolute Gasteiger partial charge is 0.220 e. The Morgan fingerprint density at radius 1 is 0.600 bits per heavy atom. The molecule has 1 aliphatic heterocycles. The molecule has 0 aromatic carbocycles. The molecule has 2 unspecified atom stereocenters. The van der Waals surface area contributed by atoms with Gasteiger partial charge in [-0.05, 0) is 38.5 Å². The van der Waals surface area contributed by atoms with Crippen molar-refractivity contribution in [2.75, 3.05) is 13.2 Å². The van der Waals surface area contributed by atoms with Crippen molar-refractivity contribution in [1.82, 2.24) is 5.32 Å². The number of unbranched alkanes of at least 4 members (excludes halogenated alkanes) is 27. The van der Waals surface area contributed by atoms with Crippen molar-refractivity contribution in [3.63, 3.8) is 0 Å². The van der Waals surface area contributed by atoms with Gasteiger partial charge in [-0.2, -0.15) is 0 Å². The van der Waals surface area contributed by atoms with Gasteiger partial charge in [-0.15, -0.1) is 0 Å². The highest BCUT2D eigenvalue weighted by molar-refractivity contribution is 5.76. The highest BCUT2D eigenvalue weighted by Gasteiger charge is 2.44. The normalized spacial score (nSPS) is 21.3. The SMILES string of the molecule is CCCCCCCCCCC/C=C/CCCC[C@@H](O)[C@H](CO[C@H]1O[C@@H](CO)[C@H](O)C(O)C1O)NC(=O)CCCCCCCCCCCCCCCCCCC. The monoisotopic (exact) mass is 784 g/mol. The second-order valence-corrected chi connectivity index (χ2v) is 16.6. The lowest BCUT2D eigenvalue weighted by Crippen LogP contribution is -2.60. The van der Waals surface area contributed by atoms with E-state index < -0.39 is 49.5 Å². The van der Waals surface area contributed by atoms with E-state index in [0.29, 0.717) is 12.8 Å². The molecule has 1 saturated heterocycles. The first-order valence-electron chi connectivity index (χ1n) is 23.4. The van der Waals surface area contributed by atoms with Crippen LogP contribution in [0.15, 0.2) is 12.2 Å². The lowest BCUT2D eigenvalue weighted by atomic mass is 9.99. The Morgan fingerprint density at radius 3 is 1.47 bits per heavy atom. The Bertz CT molecular complexity index is 873. The van der Waals surface area contributed by atoms with Crippen LogP contribution in [0.3, 0.4) is 0 Å². The lowest BCUT2D eigenvalue weighted by molar-refractivity contribution is -0.302. The number of carbonyl (C=O) groups excluding carboxylic acids is 1. The standard InChI is InChI=1S/C46H89NO8/c1-3-5-7-9-11-13-15-17-19-20-22-24-26-28-30-32-34-36-42(50)47-39(38-54-46-45(53)44(52)43(51)41(37-48)55-46)40(49)35-33-31-29-27-25-23-21-18-16-14-12-10-8-6-4-2/h25,27,39-41,43-46,48-49,51-53H,3-24,26,28-38H2,1-2H3,(H,47,50)/b27-25+/t39-,40+,41-,43-,44?,45?,46-/m0/s1. The van der Waals surface area contributed by atoms with Crippen LogP contribution in [-0.4, -0.2) is 87.5 Å². The Balaban J connectivity index is 2.33. The third kappa shape index (κ3) is 28.1. The van der Waals surface area contributed by atoms with Crippen molar-refractivity contribution in [1.29, 1.82) is 0 Å². The summed E-state index contributed by atoms with van der Waals surface area (Å²) in [6, 6.07) is -0.729. The van der Waals surface area contributed by atoms with Crippen LogP contribution in [0.1, 0.15) is 219 Å². The van der Waals surface area contributed by atoms with Crippen molar-refractivity contribution in [3.8, 4) is 0 Å². The Labute approximate surface area is 337 Å². The largest absolute Gasteiger partial charge is 0.394 e. The van der Waals surface area contributed by atoms with E-state index in [1.165, 1.54) is 148 Å². The first kappa shape index (κ1) is 51.9. The van der Waals surface area contributed by atoms with E-state index in [9.17, 15) is 30.3 Å². The van der Waals surface area contributed by atoms with Gasteiger partial charge in [0.25, 0.3) is 0 Å². The molecule has 0 aromatic rings. The lowest BCUT2D eigenvalue weighted by Gasteiger charge is -2.40. The predicted molar refractivity (Wildman–Crippen MR) is 226 cm³/mol. The molecule has 9 nitrogen and oxygen atoms in total. The molecule has 1 heterocycles. The highest BCUT2D eigenvalue weighted by Crippen LogP contribution is 2.23. The topological polar surface area (TPSA) is 149 Å². The molecule has 6 N–H and O–H groups in total. The summed E-state index contributed by atoms with van der Waals surface area (Å²) >= 11 is 0. The van der Waals surface area contributed by atoms with Gasteiger partial charge >= 0.3 is 0 Å². The summed E-state index contributed by atoms with van der Waals surface area (Å²) < 4.78 is 11.2. The minimum Gasteiger partial charge on any atom is -0.394 e. The molecule has 1 aliphatic rings. The van der Waals surface area contributed by atoms with Crippen LogP contribution in [0.5, 0.6) is 0 Å². The van der Waals surface area contributed by atoms with Crippen LogP contribution in [0.25, 0.3) is 0 Å². The molecule has 0 bridgehead atoms. The van der Waals surface area contributed by atoms with Gasteiger partial charge in [0.15, 0.2) is 6.29 Å². The third-order valence-electron chi connectivity index (χ3n) is 11.4. The zero-order valence-corrected chi connectivity index (χ0v) is 35.7. The van der Waals surface area contributed by atoms with Crippen LogP contribution < -0.4 is 5.32 Å². The first-order chi connectivity index (χ1) is 26.8. The molecule has 326 valence electrons. The number of allylic oxidation sites excluding steroid dienone is 2. The van der Waals surface area contributed by atoms with Crippen molar-refractivity contribution in [2.24, 2.45) is 0 Å². The van der Waals surface area contributed by atoms with Crippen molar-refractivity contribution in [3.05, 3.63) is 12.2 Å². The fourth-order valence-electron chi connectivity index (χ4n) is 7.57. The van der Waals surface area contributed by atoms with E-state index >= 15 is 0 Å². The number of carbonyl (C=O) groups is 1. The van der Waals surface area contributed by atoms with Crippen molar-refractivity contribution < 1.29 is 39.8 Å². The maximum atomic E-state index is 13.0. The van der Waals surface area contributed by atoms with E-state index in [1.54, 1.807) is 0 Å². The molecule has 1 rings (SSSR count). The zero-order chi connectivity index (χ0) is 40.2. The summed E-state index contributed by atoms with van der Waals surface area (Å²) in [4.78, 5) is 13.0. The summed E-state index contributed by atoms with van der Waals surface area (Å²) in [6.07, 6.45) is 35.0. The van der Waals surface area contributed by atoms with Crippen molar-refractivity contribution in [2.45, 2.75) is 262 Å². The van der Waals surface area contributed by atoms with Gasteiger partial charge in [-0.3, -0.25) is 4.79 Å². The summed E-state index contributed by atoms with van der Waals surface area (Å²) in [5.41, 5.74) is 0. The summed E-state index contributed by atoms with van der Waals surface area (Å²) in [7, 11) is 0. The van der Waals surface area contributed by atoms with E-state index in [1.807, 2.05) is 0 Å². The molecule has 0 spiro atoms. The number of nitrogens with one attached hydrogen (secondary N) is 1. The van der Waals surface area contributed by atoms with Gasteiger partial charge in [-0.1, -0.05) is 187 Å². The number of hydrogen-bond donors (Lipinski definition) is 6. The molecule has 1 fully saturated rings. The fourth-order valence-corrected chi connectivity index (χ4v) is 7.57. The quantitative estimate of drug-likeness (QED) is 0.0267. The van der Waals surface area contributed by atoms with Crippen LogP contribution in [0.4, 0.5) is 0 Å². The van der Waals surface area contributed by atoms with Crippen LogP contribution in [-0.2, 0) is 14.3 Å². The maximum Gasteiger partial charge on any atom is 0.220 e. The van der Waals surface area contributed by atoms with E-state index in [0.717, 1.165) is 44.9 Å². The number of hydrogen-bond acceptors (Lipinski definition) is 8. The predicted octanol–water partition coefficient (Wildman–Crippen LogP) is 9.73. The van der Waals surface area contributed by atoms with E-state index in [2.05, 4.69) is 31.3 Å². The van der Waals surface area contributed by atoms with Crippen molar-refractivity contribution >= 4 is 5.91 Å². The average Bonchev–Trinajstić information content (AvgIpc) is 3.18. The fraction of sp³-hybridized carbons (Fsp3) is 0.935. The number of aliphatic hydroxyl groups is 5. The van der Waals surface area contributed by atoms with Gasteiger partial charge in [0.05, 0.1) is 25.4 Å². The Hall–Kier alpha value is -1.07. The first-order valence-corrected chi connectivity index (χ1v) is 23.4. The number of aliphatic hydroxyl groups excluding tert-OH is 5. The third-order valence-corrected chi connectivity index (χ3v) is 11.4. The molecular formula is C46H89NO8. The molecule has 1 amide bonds. The van der Waals surface area contributed by atoms with Gasteiger partial charge in [0.1, 0.15) is 24.4 Å². The molecule has 0 radical (unpaired) electrons. The van der Waals surface area contributed by atoms with Crippen LogP contribution in [0, 0.1) is 0 Å².